The van der Waals surface area contributed by atoms with Gasteiger partial charge in [-0.05, 0) is 24.7 Å². The van der Waals surface area contributed by atoms with Gasteiger partial charge in [0.15, 0.2) is 0 Å². The lowest BCUT2D eigenvalue weighted by molar-refractivity contribution is -0.134. The Balaban J connectivity index is 3.26. The first-order valence-electron chi connectivity index (χ1n) is 5.64. The zero-order chi connectivity index (χ0) is 16.4. The molecule has 0 fully saturated rings. The van der Waals surface area contributed by atoms with Crippen LogP contribution in [-0.4, -0.2) is 39.5 Å². The molecular weight excluding hydrogens is 336 g/mol. The van der Waals surface area contributed by atoms with Gasteiger partial charge >= 0.3 is 6.18 Å². The van der Waals surface area contributed by atoms with Gasteiger partial charge in [-0.3, -0.25) is 0 Å². The van der Waals surface area contributed by atoms with Crippen LogP contribution in [0.15, 0.2) is 17.0 Å². The summed E-state index contributed by atoms with van der Waals surface area (Å²) in [7, 11) is -2.16. The van der Waals surface area contributed by atoms with E-state index >= 15 is 0 Å². The Morgan fingerprint density at radius 3 is 2.38 bits per heavy atom. The van der Waals surface area contributed by atoms with Crippen LogP contribution in [0.2, 0.25) is 5.02 Å². The number of nitrogens with one attached hydrogen (secondary N) is 1. The smallest absolute Gasteiger partial charge is 0.316 e. The summed E-state index contributed by atoms with van der Waals surface area (Å²) in [4.78, 5) is -0.582. The van der Waals surface area contributed by atoms with Crippen LogP contribution < -0.4 is 5.32 Å². The van der Waals surface area contributed by atoms with Gasteiger partial charge in [0.25, 0.3) is 0 Å². The summed E-state index contributed by atoms with van der Waals surface area (Å²) >= 11 is 5.68. The standard InChI is InChI=1S/C11H13ClF4N2O2S/c1-17-5-7-3-8(4-9(13)10(7)12)21(19,20)18(2)6-11(14,15)16/h3-4,17H,5-6H2,1-2H3. The first-order chi connectivity index (χ1) is 9.49. The van der Waals surface area contributed by atoms with Crippen LogP contribution in [0.3, 0.4) is 0 Å². The molecule has 120 valence electrons. The summed E-state index contributed by atoms with van der Waals surface area (Å²) in [5.41, 5.74) is 0.137. The van der Waals surface area contributed by atoms with E-state index in [4.69, 9.17) is 11.6 Å². The van der Waals surface area contributed by atoms with Crippen LogP contribution in [0.1, 0.15) is 5.56 Å². The average molecular weight is 349 g/mol. The molecule has 0 aromatic heterocycles. The topological polar surface area (TPSA) is 49.4 Å². The minimum absolute atomic E-state index is 0.0715. The van der Waals surface area contributed by atoms with Gasteiger partial charge in [0.1, 0.15) is 12.4 Å². The maximum atomic E-state index is 13.6. The number of alkyl halides is 3. The molecule has 1 rings (SSSR count). The Morgan fingerprint density at radius 2 is 1.90 bits per heavy atom. The monoisotopic (exact) mass is 348 g/mol. The summed E-state index contributed by atoms with van der Waals surface area (Å²) < 4.78 is 74.6. The van der Waals surface area contributed by atoms with Crippen LogP contribution in [0, 0.1) is 5.82 Å². The highest BCUT2D eigenvalue weighted by Crippen LogP contribution is 2.27. The summed E-state index contributed by atoms with van der Waals surface area (Å²) in [6.07, 6.45) is -4.69. The van der Waals surface area contributed by atoms with Gasteiger partial charge in [-0.15, -0.1) is 0 Å². The quantitative estimate of drug-likeness (QED) is 0.831. The van der Waals surface area contributed by atoms with Crippen molar-refractivity contribution in [1.82, 2.24) is 9.62 Å². The van der Waals surface area contributed by atoms with Crippen molar-refractivity contribution in [1.29, 1.82) is 0 Å². The molecule has 0 saturated carbocycles. The molecule has 0 unspecified atom stereocenters. The number of nitrogens with zero attached hydrogens (tertiary/aromatic N) is 1. The highest BCUT2D eigenvalue weighted by molar-refractivity contribution is 7.89. The zero-order valence-electron chi connectivity index (χ0n) is 11.1. The van der Waals surface area contributed by atoms with Gasteiger partial charge in [0.05, 0.1) is 9.92 Å². The third-order valence-corrected chi connectivity index (χ3v) is 4.76. The number of sulfonamides is 1. The van der Waals surface area contributed by atoms with Crippen molar-refractivity contribution in [3.63, 3.8) is 0 Å². The third kappa shape index (κ3) is 4.53. The number of hydrogen-bond acceptors (Lipinski definition) is 3. The molecule has 0 aliphatic heterocycles. The van der Waals surface area contributed by atoms with E-state index in [2.05, 4.69) is 5.32 Å². The molecule has 0 aliphatic carbocycles. The van der Waals surface area contributed by atoms with Crippen molar-refractivity contribution in [2.75, 3.05) is 20.6 Å². The van der Waals surface area contributed by atoms with Crippen LogP contribution in [-0.2, 0) is 16.6 Å². The second kappa shape index (κ2) is 6.47. The molecule has 1 aromatic carbocycles. The SMILES string of the molecule is CNCc1cc(S(=O)(=O)N(C)CC(F)(F)F)cc(F)c1Cl. The van der Waals surface area contributed by atoms with Crippen molar-refractivity contribution >= 4 is 21.6 Å². The van der Waals surface area contributed by atoms with Gasteiger partial charge in [-0.25, -0.2) is 12.8 Å². The zero-order valence-corrected chi connectivity index (χ0v) is 12.7. The van der Waals surface area contributed by atoms with Gasteiger partial charge in [-0.2, -0.15) is 17.5 Å². The maximum Gasteiger partial charge on any atom is 0.402 e. The van der Waals surface area contributed by atoms with Crippen LogP contribution in [0.5, 0.6) is 0 Å². The maximum absolute atomic E-state index is 13.6. The van der Waals surface area contributed by atoms with Crippen LogP contribution >= 0.6 is 11.6 Å². The Bertz CT molecular complexity index is 619. The minimum atomic E-state index is -4.69. The Hall–Kier alpha value is -0.900. The summed E-state index contributed by atoms with van der Waals surface area (Å²) in [5.74, 6) is -1.01. The molecule has 10 heteroatoms. The summed E-state index contributed by atoms with van der Waals surface area (Å²) in [6.45, 7) is -1.59. The van der Waals surface area contributed by atoms with E-state index in [0.29, 0.717) is 6.07 Å². The van der Waals surface area contributed by atoms with E-state index < -0.39 is 33.5 Å². The molecule has 1 N–H and O–H groups in total. The van der Waals surface area contributed by atoms with E-state index in [1.54, 1.807) is 0 Å². The lowest BCUT2D eigenvalue weighted by Crippen LogP contribution is -2.36. The predicted molar refractivity (Wildman–Crippen MR) is 70.0 cm³/mol. The van der Waals surface area contributed by atoms with Gasteiger partial charge in [0, 0.05) is 13.6 Å². The molecule has 0 aliphatic rings. The van der Waals surface area contributed by atoms with E-state index in [1.807, 2.05) is 0 Å². The fraction of sp³-hybridized carbons (Fsp3) is 0.455. The normalized spacial score (nSPS) is 13.0. The number of halogens is 5. The van der Waals surface area contributed by atoms with Crippen molar-refractivity contribution in [3.05, 3.63) is 28.5 Å². The van der Waals surface area contributed by atoms with Gasteiger partial charge in [0.2, 0.25) is 10.0 Å². The molecule has 0 amide bonds. The summed E-state index contributed by atoms with van der Waals surface area (Å²) in [6, 6.07) is 1.65. The molecule has 0 radical (unpaired) electrons. The second-order valence-electron chi connectivity index (χ2n) is 4.28. The van der Waals surface area contributed by atoms with Crippen molar-refractivity contribution < 1.29 is 26.0 Å². The van der Waals surface area contributed by atoms with Crippen molar-refractivity contribution in [2.45, 2.75) is 17.6 Å². The van der Waals surface area contributed by atoms with Gasteiger partial charge < -0.3 is 5.32 Å². The third-order valence-electron chi connectivity index (χ3n) is 2.55. The largest absolute Gasteiger partial charge is 0.402 e. The van der Waals surface area contributed by atoms with Crippen molar-refractivity contribution in [2.24, 2.45) is 0 Å². The van der Waals surface area contributed by atoms with E-state index in [1.165, 1.54) is 7.05 Å². The Morgan fingerprint density at radius 1 is 1.33 bits per heavy atom. The fourth-order valence-electron chi connectivity index (χ4n) is 1.60. The lowest BCUT2D eigenvalue weighted by atomic mass is 10.2. The molecule has 0 spiro atoms. The van der Waals surface area contributed by atoms with E-state index in [0.717, 1.165) is 13.1 Å². The Kier molecular flexibility index (Phi) is 5.59. The molecule has 1 aromatic rings. The van der Waals surface area contributed by atoms with Crippen LogP contribution in [0.25, 0.3) is 0 Å². The lowest BCUT2D eigenvalue weighted by Gasteiger charge is -2.19. The molecule has 0 bridgehead atoms. The average Bonchev–Trinajstić information content (AvgIpc) is 2.32. The molecule has 0 saturated heterocycles. The highest BCUT2D eigenvalue weighted by Gasteiger charge is 2.35. The Labute approximate surface area is 124 Å². The molecule has 0 heterocycles. The van der Waals surface area contributed by atoms with E-state index in [-0.39, 0.29) is 21.4 Å². The molecular formula is C11H13ClF4N2O2S. The molecule has 21 heavy (non-hydrogen) atoms. The molecule has 4 nitrogen and oxygen atoms in total. The predicted octanol–water partition coefficient (Wildman–Crippen LogP) is 2.38. The number of rotatable bonds is 5. The summed E-state index contributed by atoms with van der Waals surface area (Å²) in [5, 5.41) is 2.38. The van der Waals surface area contributed by atoms with Gasteiger partial charge in [-0.1, -0.05) is 11.6 Å². The minimum Gasteiger partial charge on any atom is -0.316 e. The first kappa shape index (κ1) is 18.1. The first-order valence-corrected chi connectivity index (χ1v) is 7.46. The highest BCUT2D eigenvalue weighted by atomic mass is 35.5. The second-order valence-corrected chi connectivity index (χ2v) is 6.71. The fourth-order valence-corrected chi connectivity index (χ4v) is 3.00. The molecule has 0 atom stereocenters. The number of benzene rings is 1. The number of hydrogen-bond donors (Lipinski definition) is 1. The van der Waals surface area contributed by atoms with Crippen LogP contribution in [0.4, 0.5) is 17.6 Å². The van der Waals surface area contributed by atoms with Crippen molar-refractivity contribution in [3.8, 4) is 0 Å². The van der Waals surface area contributed by atoms with E-state index in [9.17, 15) is 26.0 Å².